The highest BCUT2D eigenvalue weighted by Gasteiger charge is 2.46. The van der Waals surface area contributed by atoms with Crippen LogP contribution in [0.4, 0.5) is 10.3 Å². The van der Waals surface area contributed by atoms with Gasteiger partial charge in [-0.3, -0.25) is 9.69 Å². The Hall–Kier alpha value is -1.80. The van der Waals surface area contributed by atoms with Gasteiger partial charge in [0.05, 0.1) is 25.0 Å². The van der Waals surface area contributed by atoms with Gasteiger partial charge in [-0.25, -0.2) is 14.4 Å². The lowest BCUT2D eigenvalue weighted by molar-refractivity contribution is -0.120. The van der Waals surface area contributed by atoms with Crippen molar-refractivity contribution in [1.29, 1.82) is 0 Å². The van der Waals surface area contributed by atoms with Gasteiger partial charge >= 0.3 is 0 Å². The van der Waals surface area contributed by atoms with Crippen LogP contribution >= 0.6 is 0 Å². The Morgan fingerprint density at radius 1 is 1.26 bits per heavy atom. The van der Waals surface area contributed by atoms with Gasteiger partial charge < -0.3 is 15.4 Å². The van der Waals surface area contributed by atoms with Gasteiger partial charge in [0.1, 0.15) is 0 Å². The number of hydrogen-bond donors (Lipinski definition) is 1. The molecule has 1 aromatic heterocycles. The van der Waals surface area contributed by atoms with E-state index in [2.05, 4.69) is 19.8 Å². The first-order valence-electron chi connectivity index (χ1n) is 9.84. The quantitative estimate of drug-likeness (QED) is 0.830. The van der Waals surface area contributed by atoms with Crippen molar-refractivity contribution < 1.29 is 13.9 Å². The van der Waals surface area contributed by atoms with Crippen LogP contribution < -0.4 is 10.6 Å². The maximum Gasteiger partial charge on any atom is 0.231 e. The molecule has 0 radical (unpaired) electrons. The van der Waals surface area contributed by atoms with Crippen LogP contribution in [-0.4, -0.2) is 65.7 Å². The third kappa shape index (κ3) is 3.78. The van der Waals surface area contributed by atoms with E-state index < -0.39 is 5.82 Å². The van der Waals surface area contributed by atoms with E-state index in [0.717, 1.165) is 45.2 Å². The molecular formula is C19H28FN5O2. The molecule has 1 aromatic rings. The molecule has 0 saturated carbocycles. The molecular weight excluding hydrogens is 349 g/mol. The predicted octanol–water partition coefficient (Wildman–Crippen LogP) is 1.19. The summed E-state index contributed by atoms with van der Waals surface area (Å²) in [5.41, 5.74) is 5.44. The molecule has 3 aliphatic heterocycles. The van der Waals surface area contributed by atoms with Crippen molar-refractivity contribution >= 4 is 11.9 Å². The van der Waals surface area contributed by atoms with Crippen LogP contribution in [-0.2, 0) is 9.53 Å². The summed E-state index contributed by atoms with van der Waals surface area (Å²) in [6.45, 7) is 1.97. The first-order valence-corrected chi connectivity index (χ1v) is 9.84. The molecule has 0 aromatic carbocycles. The van der Waals surface area contributed by atoms with Crippen LogP contribution in [0.2, 0.25) is 0 Å². The van der Waals surface area contributed by atoms with E-state index in [1.807, 2.05) is 0 Å². The molecule has 1 unspecified atom stereocenters. The first kappa shape index (κ1) is 18.6. The van der Waals surface area contributed by atoms with Gasteiger partial charge in [-0.05, 0) is 43.9 Å². The minimum atomic E-state index is -0.421. The molecule has 5 atom stereocenters. The highest BCUT2D eigenvalue weighted by Crippen LogP contribution is 2.44. The highest BCUT2D eigenvalue weighted by molar-refractivity contribution is 5.76. The number of carbonyl (C=O) groups is 1. The van der Waals surface area contributed by atoms with Crippen LogP contribution in [0.1, 0.15) is 32.1 Å². The van der Waals surface area contributed by atoms with Crippen LogP contribution in [0, 0.1) is 17.7 Å². The summed E-state index contributed by atoms with van der Waals surface area (Å²) in [6.07, 6.45) is 8.09. The van der Waals surface area contributed by atoms with E-state index in [4.69, 9.17) is 10.5 Å². The Kier molecular flexibility index (Phi) is 5.27. The minimum absolute atomic E-state index is 0.111. The maximum absolute atomic E-state index is 13.1. The van der Waals surface area contributed by atoms with Gasteiger partial charge in [-0.15, -0.1) is 0 Å². The first-order chi connectivity index (χ1) is 13.0. The van der Waals surface area contributed by atoms with Crippen LogP contribution in [0.15, 0.2) is 12.4 Å². The molecule has 4 heterocycles. The zero-order valence-corrected chi connectivity index (χ0v) is 15.8. The maximum atomic E-state index is 13.1. The number of amides is 1. The lowest BCUT2D eigenvalue weighted by Gasteiger charge is -2.46. The van der Waals surface area contributed by atoms with Crippen molar-refractivity contribution in [2.24, 2.45) is 17.6 Å². The van der Waals surface area contributed by atoms with Gasteiger partial charge in [-0.1, -0.05) is 0 Å². The number of piperidine rings is 2. The summed E-state index contributed by atoms with van der Waals surface area (Å²) < 4.78 is 18.9. The number of hydrogen-bond acceptors (Lipinski definition) is 6. The molecule has 8 heteroatoms. The number of carbonyl (C=O) groups excluding carboxylic acids is 1. The molecule has 1 amide bonds. The molecule has 3 saturated heterocycles. The van der Waals surface area contributed by atoms with E-state index in [9.17, 15) is 9.18 Å². The number of primary amides is 1. The molecule has 3 fully saturated rings. The topological polar surface area (TPSA) is 84.6 Å². The second kappa shape index (κ2) is 7.67. The molecule has 2 N–H and O–H groups in total. The molecule has 148 valence electrons. The Morgan fingerprint density at radius 2 is 1.93 bits per heavy atom. The molecule has 2 bridgehead atoms. The zero-order valence-electron chi connectivity index (χ0n) is 15.8. The minimum Gasteiger partial charge on any atom is -0.379 e. The van der Waals surface area contributed by atoms with Gasteiger partial charge in [0, 0.05) is 32.3 Å². The highest BCUT2D eigenvalue weighted by atomic mass is 19.1. The van der Waals surface area contributed by atoms with Crippen molar-refractivity contribution in [3.8, 4) is 0 Å². The summed E-state index contributed by atoms with van der Waals surface area (Å²) >= 11 is 0. The largest absolute Gasteiger partial charge is 0.379 e. The summed E-state index contributed by atoms with van der Waals surface area (Å²) in [7, 11) is 1.77. The van der Waals surface area contributed by atoms with E-state index in [1.165, 1.54) is 12.4 Å². The van der Waals surface area contributed by atoms with Crippen LogP contribution in [0.25, 0.3) is 0 Å². The van der Waals surface area contributed by atoms with Crippen molar-refractivity contribution in [2.75, 3.05) is 31.6 Å². The standard InChI is InChI=1S/C19H28FN5O2/c1-27-17-10-24(19-22-8-13(20)9-23-19)5-4-16(17)12-6-14-2-3-15(7-12)25(14)11-18(21)26/h8-9,12,14-17H,2-7,10-11H2,1H3,(H2,21,26)/t12?,14-,15+,16-,17-/m1/s1. The number of fused-ring (bicyclic) bond motifs is 2. The number of nitrogens with zero attached hydrogens (tertiary/aromatic N) is 4. The monoisotopic (exact) mass is 377 g/mol. The Bertz CT molecular complexity index is 659. The number of anilines is 1. The number of ether oxygens (including phenoxy) is 1. The average molecular weight is 377 g/mol. The molecule has 0 aliphatic carbocycles. The number of methoxy groups -OCH3 is 1. The summed E-state index contributed by atoms with van der Waals surface area (Å²) in [5.74, 6) is 1.01. The third-order valence-corrected chi connectivity index (χ3v) is 6.67. The van der Waals surface area contributed by atoms with E-state index in [1.54, 1.807) is 7.11 Å². The van der Waals surface area contributed by atoms with E-state index in [0.29, 0.717) is 36.4 Å². The summed E-state index contributed by atoms with van der Waals surface area (Å²) in [6, 6.07) is 0.939. The number of nitrogens with two attached hydrogens (primary N) is 1. The SMILES string of the molecule is CO[C@@H]1CN(c2ncc(F)cn2)CC[C@@H]1C1C[C@H]2CC[C@@H](C1)N2CC(N)=O. The number of aromatic nitrogens is 2. The lowest BCUT2D eigenvalue weighted by Crippen LogP contribution is -2.52. The lowest BCUT2D eigenvalue weighted by atomic mass is 9.75. The Balaban J connectivity index is 1.41. The van der Waals surface area contributed by atoms with Crippen molar-refractivity contribution in [1.82, 2.24) is 14.9 Å². The second-order valence-corrected chi connectivity index (χ2v) is 8.13. The molecule has 0 spiro atoms. The van der Waals surface area contributed by atoms with Gasteiger partial charge in [-0.2, -0.15) is 0 Å². The third-order valence-electron chi connectivity index (χ3n) is 6.67. The van der Waals surface area contributed by atoms with Crippen LogP contribution in [0.5, 0.6) is 0 Å². The smallest absolute Gasteiger partial charge is 0.231 e. The summed E-state index contributed by atoms with van der Waals surface area (Å²) in [5, 5.41) is 0. The van der Waals surface area contributed by atoms with Crippen molar-refractivity contribution in [3.05, 3.63) is 18.2 Å². The average Bonchev–Trinajstić information content (AvgIpc) is 2.89. The van der Waals surface area contributed by atoms with Gasteiger partial charge in [0.2, 0.25) is 11.9 Å². The van der Waals surface area contributed by atoms with Crippen molar-refractivity contribution in [2.45, 2.75) is 50.3 Å². The second-order valence-electron chi connectivity index (χ2n) is 8.13. The normalized spacial score (nSPS) is 34.0. The fourth-order valence-electron chi connectivity index (χ4n) is 5.48. The zero-order chi connectivity index (χ0) is 19.0. The number of halogens is 1. The Morgan fingerprint density at radius 3 is 2.52 bits per heavy atom. The van der Waals surface area contributed by atoms with Crippen LogP contribution in [0.3, 0.4) is 0 Å². The molecule has 4 rings (SSSR count). The van der Waals surface area contributed by atoms with Crippen molar-refractivity contribution in [3.63, 3.8) is 0 Å². The fourth-order valence-corrected chi connectivity index (χ4v) is 5.48. The molecule has 27 heavy (non-hydrogen) atoms. The molecule has 7 nitrogen and oxygen atoms in total. The number of rotatable bonds is 5. The fraction of sp³-hybridized carbons (Fsp3) is 0.737. The Labute approximate surface area is 159 Å². The van der Waals surface area contributed by atoms with E-state index in [-0.39, 0.29) is 12.0 Å². The van der Waals surface area contributed by atoms with Gasteiger partial charge in [0.15, 0.2) is 5.82 Å². The van der Waals surface area contributed by atoms with Gasteiger partial charge in [0.25, 0.3) is 0 Å². The summed E-state index contributed by atoms with van der Waals surface area (Å²) in [4.78, 5) is 24.0. The molecule has 3 aliphatic rings. The predicted molar refractivity (Wildman–Crippen MR) is 98.5 cm³/mol. The van der Waals surface area contributed by atoms with E-state index >= 15 is 0 Å².